The van der Waals surface area contributed by atoms with Crippen molar-refractivity contribution in [3.8, 4) is 0 Å². The zero-order valence-corrected chi connectivity index (χ0v) is 28.2. The van der Waals surface area contributed by atoms with Gasteiger partial charge in [-0.1, -0.05) is 59.8 Å². The van der Waals surface area contributed by atoms with Crippen LogP contribution in [0.3, 0.4) is 0 Å². The molecule has 2 fully saturated rings. The summed E-state index contributed by atoms with van der Waals surface area (Å²) in [5.74, 6) is -0.285. The van der Waals surface area contributed by atoms with Gasteiger partial charge in [-0.3, -0.25) is 9.59 Å². The molecule has 0 radical (unpaired) electrons. The third kappa shape index (κ3) is 8.62. The molecule has 4 atom stereocenters. The van der Waals surface area contributed by atoms with Gasteiger partial charge >= 0.3 is 0 Å². The lowest BCUT2D eigenvalue weighted by Crippen LogP contribution is -2.63. The van der Waals surface area contributed by atoms with E-state index >= 15 is 0 Å². The van der Waals surface area contributed by atoms with Gasteiger partial charge in [0.25, 0.3) is 6.02 Å². The molecule has 11 heteroatoms. The molecule has 2 aliphatic heterocycles. The molecule has 3 heterocycles. The molecule has 2 unspecified atom stereocenters. The van der Waals surface area contributed by atoms with Crippen LogP contribution in [-0.4, -0.2) is 78.5 Å². The zero-order chi connectivity index (χ0) is 30.9. The third-order valence-corrected chi connectivity index (χ3v) is 10.4. The number of nitrogens with one attached hydrogen (secondary N) is 2. The minimum atomic E-state index is -0.644. The molecule has 1 saturated heterocycles. The van der Waals surface area contributed by atoms with Crippen LogP contribution in [0.2, 0.25) is 0 Å². The fourth-order valence-electron chi connectivity index (χ4n) is 6.52. The van der Waals surface area contributed by atoms with Gasteiger partial charge in [-0.2, -0.15) is 0 Å². The van der Waals surface area contributed by atoms with Crippen molar-refractivity contribution in [1.82, 2.24) is 20.4 Å². The number of amidine groups is 1. The third-order valence-electron chi connectivity index (χ3n) is 9.03. The van der Waals surface area contributed by atoms with E-state index in [1.54, 1.807) is 11.3 Å². The van der Waals surface area contributed by atoms with E-state index in [4.69, 9.17) is 15.5 Å². The first-order chi connectivity index (χ1) is 21.4. The second-order valence-electron chi connectivity index (χ2n) is 12.3. The van der Waals surface area contributed by atoms with E-state index in [0.29, 0.717) is 51.3 Å². The quantitative estimate of drug-likeness (QED) is 0.276. The van der Waals surface area contributed by atoms with E-state index in [1.807, 2.05) is 45.5 Å². The van der Waals surface area contributed by atoms with E-state index in [1.165, 1.54) is 19.3 Å². The van der Waals surface area contributed by atoms with Gasteiger partial charge in [0, 0.05) is 35.0 Å². The van der Waals surface area contributed by atoms with Gasteiger partial charge in [0.05, 0.1) is 25.0 Å². The summed E-state index contributed by atoms with van der Waals surface area (Å²) in [7, 11) is 0. The van der Waals surface area contributed by atoms with Crippen LogP contribution in [0.15, 0.2) is 51.2 Å². The number of hydrogen-bond acceptors (Lipinski definition) is 8. The van der Waals surface area contributed by atoms with Gasteiger partial charge in [-0.05, 0) is 68.3 Å². The first kappa shape index (κ1) is 32.9. The van der Waals surface area contributed by atoms with Crippen molar-refractivity contribution in [1.29, 1.82) is 0 Å². The Morgan fingerprint density at radius 2 is 2.00 bits per heavy atom. The van der Waals surface area contributed by atoms with Gasteiger partial charge in [0.15, 0.2) is 0 Å². The summed E-state index contributed by atoms with van der Waals surface area (Å²) in [5, 5.41) is 8.82. The van der Waals surface area contributed by atoms with Crippen molar-refractivity contribution >= 4 is 45.1 Å². The maximum Gasteiger partial charge on any atom is 0.288 e. The molecule has 44 heavy (non-hydrogen) atoms. The minimum Gasteiger partial charge on any atom is -0.455 e. The number of nitrogens with zero attached hydrogens (tertiary/aromatic N) is 3. The summed E-state index contributed by atoms with van der Waals surface area (Å²) in [4.78, 5) is 37.9. The molecule has 3 aliphatic rings. The Bertz CT molecular complexity index is 1250. The number of ether oxygens (including phenoxy) is 1. The summed E-state index contributed by atoms with van der Waals surface area (Å²) >= 11 is 5.17. The Kier molecular flexibility index (Phi) is 12.1. The highest BCUT2D eigenvalue weighted by atomic mass is 79.9. The standard InChI is InChI=1S/C33H47BrN6O3S/c1-23-30(24-10-7-11-26(34)19-24)43-33(38-23)39-16-17-40(29(22-39)31(41)37-21-28-14-8-18-44-28)32(42)25(9-5-6-15-35)20-36-27-12-3-2-4-13-27/h7-8,10-11,14,18-19,23,25,27,29-30,36H,2-6,9,12-13,15-17,20-22,35H2,1H3,(H,37,41)/t23-,25?,29-,30?/m0/s1. The fraction of sp³-hybridized carbons (Fsp3) is 0.606. The number of benzene rings is 1. The van der Waals surface area contributed by atoms with Crippen molar-refractivity contribution < 1.29 is 14.3 Å². The highest BCUT2D eigenvalue weighted by Gasteiger charge is 2.41. The molecule has 4 N–H and O–H groups in total. The normalized spacial score (nSPS) is 23.2. The lowest BCUT2D eigenvalue weighted by Gasteiger charge is -2.42. The number of amides is 2. The maximum atomic E-state index is 14.3. The molecule has 2 aromatic rings. The molecule has 0 bridgehead atoms. The smallest absolute Gasteiger partial charge is 0.288 e. The first-order valence-corrected chi connectivity index (χ1v) is 17.9. The highest BCUT2D eigenvalue weighted by molar-refractivity contribution is 9.10. The topological polar surface area (TPSA) is 112 Å². The van der Waals surface area contributed by atoms with Crippen LogP contribution in [0.5, 0.6) is 0 Å². The molecule has 5 rings (SSSR count). The molecule has 1 aliphatic carbocycles. The minimum absolute atomic E-state index is 0.0518. The number of halogens is 1. The van der Waals surface area contributed by atoms with Crippen molar-refractivity contribution in [2.45, 2.75) is 89.1 Å². The Labute approximate surface area is 274 Å². The SMILES string of the molecule is C[C@@H]1N=C(N2CCN(C(=O)C(CCCCN)CNC3CCCCC3)[C@H](C(=O)NCc3cccs3)C2)OC1c1cccc(Br)c1. The van der Waals surface area contributed by atoms with Crippen LogP contribution in [0.1, 0.15) is 74.8 Å². The molecule has 9 nitrogen and oxygen atoms in total. The number of hydrogen-bond donors (Lipinski definition) is 3. The van der Waals surface area contributed by atoms with E-state index in [2.05, 4.69) is 39.6 Å². The van der Waals surface area contributed by atoms with Crippen molar-refractivity contribution in [2.24, 2.45) is 16.6 Å². The zero-order valence-electron chi connectivity index (χ0n) is 25.8. The van der Waals surface area contributed by atoms with Crippen LogP contribution in [0.4, 0.5) is 0 Å². The Hall–Kier alpha value is -2.47. The lowest BCUT2D eigenvalue weighted by molar-refractivity contribution is -0.146. The molecule has 2 amide bonds. The van der Waals surface area contributed by atoms with Crippen molar-refractivity contribution in [3.63, 3.8) is 0 Å². The number of carbonyl (C=O) groups excluding carboxylic acids is 2. The first-order valence-electron chi connectivity index (χ1n) is 16.2. The van der Waals surface area contributed by atoms with Gasteiger partial charge < -0.3 is 30.9 Å². The average Bonchev–Trinajstić information content (AvgIpc) is 3.71. The van der Waals surface area contributed by atoms with E-state index in [0.717, 1.165) is 47.0 Å². The van der Waals surface area contributed by atoms with Crippen LogP contribution in [0, 0.1) is 5.92 Å². The highest BCUT2D eigenvalue weighted by Crippen LogP contribution is 2.32. The molecule has 240 valence electrons. The van der Waals surface area contributed by atoms with Gasteiger partial charge in [0.1, 0.15) is 12.1 Å². The fourth-order valence-corrected chi connectivity index (χ4v) is 7.58. The van der Waals surface area contributed by atoms with E-state index in [-0.39, 0.29) is 29.9 Å². The maximum absolute atomic E-state index is 14.3. The lowest BCUT2D eigenvalue weighted by atomic mass is 9.93. The molecule has 0 spiro atoms. The van der Waals surface area contributed by atoms with Crippen molar-refractivity contribution in [2.75, 3.05) is 32.7 Å². The van der Waals surface area contributed by atoms with Crippen LogP contribution in [0.25, 0.3) is 0 Å². The predicted molar refractivity (Wildman–Crippen MR) is 179 cm³/mol. The number of carbonyl (C=O) groups is 2. The Balaban J connectivity index is 1.30. The van der Waals surface area contributed by atoms with Crippen LogP contribution in [-0.2, 0) is 20.9 Å². The van der Waals surface area contributed by atoms with Crippen molar-refractivity contribution in [3.05, 3.63) is 56.7 Å². The number of nitrogens with two attached hydrogens (primary N) is 1. The second kappa shape index (κ2) is 16.2. The van der Waals surface area contributed by atoms with E-state index < -0.39 is 6.04 Å². The number of aliphatic imine (C=N–C) groups is 1. The van der Waals surface area contributed by atoms with Gasteiger partial charge in [0.2, 0.25) is 11.8 Å². The summed E-state index contributed by atoms with van der Waals surface area (Å²) in [6.45, 7) is 5.08. The van der Waals surface area contributed by atoms with Gasteiger partial charge in [-0.15, -0.1) is 11.3 Å². The largest absolute Gasteiger partial charge is 0.455 e. The number of thiophene rings is 1. The average molecular weight is 688 g/mol. The summed E-state index contributed by atoms with van der Waals surface area (Å²) in [5.41, 5.74) is 6.86. The summed E-state index contributed by atoms with van der Waals surface area (Å²) in [6.07, 6.45) is 8.45. The monoisotopic (exact) mass is 686 g/mol. The number of unbranched alkanes of at least 4 members (excludes halogenated alkanes) is 1. The molecule has 1 aromatic heterocycles. The molecular formula is C33H47BrN6O3S. The summed E-state index contributed by atoms with van der Waals surface area (Å²) in [6, 6.07) is 12.4. The summed E-state index contributed by atoms with van der Waals surface area (Å²) < 4.78 is 7.41. The predicted octanol–water partition coefficient (Wildman–Crippen LogP) is 4.82. The second-order valence-corrected chi connectivity index (χ2v) is 14.2. The van der Waals surface area contributed by atoms with Crippen LogP contribution < -0.4 is 16.4 Å². The number of piperazine rings is 1. The van der Waals surface area contributed by atoms with Gasteiger partial charge in [-0.25, -0.2) is 4.99 Å². The van der Waals surface area contributed by atoms with E-state index in [9.17, 15) is 9.59 Å². The number of rotatable bonds is 12. The molecule has 1 saturated carbocycles. The Morgan fingerprint density at radius 3 is 2.75 bits per heavy atom. The molecular weight excluding hydrogens is 640 g/mol. The molecule has 1 aromatic carbocycles. The van der Waals surface area contributed by atoms with Crippen LogP contribution >= 0.6 is 27.3 Å². The Morgan fingerprint density at radius 1 is 1.16 bits per heavy atom.